The van der Waals surface area contributed by atoms with Gasteiger partial charge in [-0.15, -0.1) is 0 Å². The summed E-state index contributed by atoms with van der Waals surface area (Å²) in [6.45, 7) is 4.57. The van der Waals surface area contributed by atoms with Crippen LogP contribution in [0.15, 0.2) is 0 Å². The molecular formula is C5H16NORbSi. The Hall–Kier alpha value is 1.94. The topological polar surface area (TPSA) is 46.2 Å². The smallest absolute Gasteiger partial charge is 1.00 e. The SMILES string of the molecule is C[Si](C)(O)CCCN.[H-].[Rb+]. The third-order valence-corrected chi connectivity index (χ3v) is 2.57. The average Bonchev–Trinajstić information content (AvgIpc) is 1.59. The molecule has 0 spiro atoms. The van der Waals surface area contributed by atoms with Crippen molar-refractivity contribution in [3.8, 4) is 0 Å². The third-order valence-electron chi connectivity index (χ3n) is 0.993. The van der Waals surface area contributed by atoms with Gasteiger partial charge in [0.05, 0.1) is 0 Å². The Kier molecular flexibility index (Phi) is 9.98. The molecule has 4 heteroatoms. The van der Waals surface area contributed by atoms with Crippen LogP contribution in [-0.2, 0) is 0 Å². The fraction of sp³-hybridized carbons (Fsp3) is 1.00. The van der Waals surface area contributed by atoms with Gasteiger partial charge < -0.3 is 12.0 Å². The second-order valence-corrected chi connectivity index (χ2v) is 6.83. The fourth-order valence-corrected chi connectivity index (χ4v) is 1.60. The molecule has 0 rings (SSSR count). The van der Waals surface area contributed by atoms with Crippen molar-refractivity contribution in [2.24, 2.45) is 5.73 Å². The molecule has 0 heterocycles. The molecule has 52 valence electrons. The number of rotatable bonds is 3. The maximum absolute atomic E-state index is 9.23. The van der Waals surface area contributed by atoms with Gasteiger partial charge in [-0.2, -0.15) is 0 Å². The van der Waals surface area contributed by atoms with Crippen LogP contribution in [0.25, 0.3) is 0 Å². The molecule has 0 aromatic carbocycles. The van der Waals surface area contributed by atoms with Gasteiger partial charge in [0.15, 0.2) is 8.32 Å². The molecule has 0 radical (unpaired) electrons. The summed E-state index contributed by atoms with van der Waals surface area (Å²) in [5, 5.41) is 0. The molecule has 0 fully saturated rings. The first-order valence-corrected chi connectivity index (χ1v) is 6.14. The van der Waals surface area contributed by atoms with Crippen LogP contribution in [0, 0.1) is 0 Å². The summed E-state index contributed by atoms with van der Waals surface area (Å²) in [6.07, 6.45) is 0.968. The average molecular weight is 220 g/mol. The number of hydrogen-bond acceptors (Lipinski definition) is 2. The molecule has 0 aromatic heterocycles. The van der Waals surface area contributed by atoms with Gasteiger partial charge in [-0.25, -0.2) is 0 Å². The van der Waals surface area contributed by atoms with E-state index >= 15 is 0 Å². The molecule has 0 atom stereocenters. The molecule has 0 aliphatic carbocycles. The predicted octanol–water partition coefficient (Wildman–Crippen LogP) is -2.35. The van der Waals surface area contributed by atoms with Gasteiger partial charge in [0, 0.05) is 0 Å². The molecule has 0 saturated heterocycles. The Balaban J connectivity index is -0.000000245. The van der Waals surface area contributed by atoms with E-state index in [0.29, 0.717) is 6.54 Å². The third kappa shape index (κ3) is 13.0. The van der Waals surface area contributed by atoms with E-state index in [4.69, 9.17) is 5.73 Å². The quantitative estimate of drug-likeness (QED) is 0.523. The van der Waals surface area contributed by atoms with Gasteiger partial charge >= 0.3 is 58.2 Å². The van der Waals surface area contributed by atoms with E-state index in [1.807, 2.05) is 13.1 Å². The summed E-state index contributed by atoms with van der Waals surface area (Å²) < 4.78 is 0. The minimum atomic E-state index is -1.76. The van der Waals surface area contributed by atoms with Crippen LogP contribution < -0.4 is 63.9 Å². The molecule has 9 heavy (non-hydrogen) atoms. The summed E-state index contributed by atoms with van der Waals surface area (Å²) in [6, 6.07) is 0.934. The summed E-state index contributed by atoms with van der Waals surface area (Å²) in [4.78, 5) is 9.23. The van der Waals surface area contributed by atoms with E-state index in [2.05, 4.69) is 0 Å². The fourth-order valence-electron chi connectivity index (χ4n) is 0.535. The van der Waals surface area contributed by atoms with E-state index in [9.17, 15) is 4.80 Å². The first-order chi connectivity index (χ1) is 3.56. The van der Waals surface area contributed by atoms with E-state index in [0.717, 1.165) is 12.5 Å². The van der Waals surface area contributed by atoms with Crippen molar-refractivity contribution in [2.75, 3.05) is 6.54 Å². The van der Waals surface area contributed by atoms with Crippen molar-refractivity contribution >= 4 is 8.32 Å². The van der Waals surface area contributed by atoms with Gasteiger partial charge in [-0.3, -0.25) is 0 Å². The van der Waals surface area contributed by atoms with E-state index in [1.54, 1.807) is 0 Å². The summed E-state index contributed by atoms with van der Waals surface area (Å²) >= 11 is 0. The zero-order chi connectivity index (χ0) is 6.62. The molecule has 0 saturated carbocycles. The van der Waals surface area contributed by atoms with Crippen molar-refractivity contribution in [2.45, 2.75) is 25.6 Å². The van der Waals surface area contributed by atoms with Crippen LogP contribution in [0.4, 0.5) is 0 Å². The van der Waals surface area contributed by atoms with Crippen molar-refractivity contribution in [1.29, 1.82) is 0 Å². The largest absolute Gasteiger partial charge is 1.00 e. The minimum absolute atomic E-state index is 0. The maximum Gasteiger partial charge on any atom is 1.00 e. The number of nitrogens with two attached hydrogens (primary N) is 1. The van der Waals surface area contributed by atoms with Crippen LogP contribution in [-0.4, -0.2) is 19.7 Å². The Morgan fingerprint density at radius 2 is 2.00 bits per heavy atom. The van der Waals surface area contributed by atoms with Crippen LogP contribution in [0.3, 0.4) is 0 Å². The minimum Gasteiger partial charge on any atom is -1.00 e. The van der Waals surface area contributed by atoms with Gasteiger partial charge in [0.2, 0.25) is 0 Å². The molecule has 2 nitrogen and oxygen atoms in total. The van der Waals surface area contributed by atoms with Crippen LogP contribution >= 0.6 is 0 Å². The monoisotopic (exact) mass is 219 g/mol. The molecule has 0 aliphatic rings. The standard InChI is InChI=1S/C5H15NOSi.Rb.H/c1-8(2,7)5-3-4-6;;/h7H,3-6H2,1-2H3;;/q;+1;-1. The first-order valence-electron chi connectivity index (χ1n) is 2.99. The Morgan fingerprint density at radius 3 is 2.11 bits per heavy atom. The van der Waals surface area contributed by atoms with Crippen LogP contribution in [0.2, 0.25) is 19.1 Å². The van der Waals surface area contributed by atoms with Gasteiger partial charge in [0.25, 0.3) is 0 Å². The molecular weight excluding hydrogens is 204 g/mol. The molecule has 0 aromatic rings. The predicted molar refractivity (Wildman–Crippen MR) is 39.3 cm³/mol. The molecule has 0 aliphatic heterocycles. The Morgan fingerprint density at radius 1 is 1.56 bits per heavy atom. The van der Waals surface area contributed by atoms with Crippen molar-refractivity contribution < 1.29 is 64.4 Å². The van der Waals surface area contributed by atoms with Gasteiger partial charge in [-0.1, -0.05) is 0 Å². The molecule has 3 N–H and O–H groups in total. The van der Waals surface area contributed by atoms with Crippen molar-refractivity contribution in [3.63, 3.8) is 0 Å². The van der Waals surface area contributed by atoms with E-state index in [1.165, 1.54) is 0 Å². The summed E-state index contributed by atoms with van der Waals surface area (Å²) in [5.74, 6) is 0. The summed E-state index contributed by atoms with van der Waals surface area (Å²) in [7, 11) is -1.76. The Bertz CT molecular complexity index is 69.2. The zero-order valence-corrected chi connectivity index (χ0v) is 12.6. The van der Waals surface area contributed by atoms with E-state index < -0.39 is 8.32 Å². The van der Waals surface area contributed by atoms with Crippen molar-refractivity contribution in [1.82, 2.24) is 0 Å². The molecule has 0 bridgehead atoms. The Labute approximate surface area is 109 Å². The maximum atomic E-state index is 9.23. The number of hydrogen-bond donors (Lipinski definition) is 2. The zero-order valence-electron chi connectivity index (χ0n) is 7.65. The second-order valence-electron chi connectivity index (χ2n) is 2.70. The molecule has 0 unspecified atom stereocenters. The van der Waals surface area contributed by atoms with E-state index in [-0.39, 0.29) is 59.6 Å². The second kappa shape index (κ2) is 6.64. The van der Waals surface area contributed by atoms with Gasteiger partial charge in [0.1, 0.15) is 0 Å². The van der Waals surface area contributed by atoms with Crippen molar-refractivity contribution in [3.05, 3.63) is 0 Å². The summed E-state index contributed by atoms with van der Waals surface area (Å²) in [5.41, 5.74) is 5.25. The molecule has 0 amide bonds. The normalized spacial score (nSPS) is 10.7. The van der Waals surface area contributed by atoms with Crippen LogP contribution in [0.5, 0.6) is 0 Å². The van der Waals surface area contributed by atoms with Crippen LogP contribution in [0.1, 0.15) is 7.85 Å². The van der Waals surface area contributed by atoms with Gasteiger partial charge in [-0.05, 0) is 32.1 Å². The first kappa shape index (κ1) is 13.5.